The minimum atomic E-state index is -0.275. The Morgan fingerprint density at radius 3 is 2.95 bits per heavy atom. The zero-order valence-electron chi connectivity index (χ0n) is 12.7. The van der Waals surface area contributed by atoms with Crippen LogP contribution in [0.4, 0.5) is 5.69 Å². The van der Waals surface area contributed by atoms with Crippen molar-refractivity contribution in [2.45, 2.75) is 32.2 Å². The number of fused-ring (bicyclic) bond motifs is 1. The van der Waals surface area contributed by atoms with Gasteiger partial charge in [0.1, 0.15) is 24.5 Å². The molecule has 6 heteroatoms. The summed E-state index contributed by atoms with van der Waals surface area (Å²) < 4.78 is 12.3. The van der Waals surface area contributed by atoms with Crippen LogP contribution in [-0.4, -0.2) is 35.3 Å². The highest BCUT2D eigenvalue weighted by atomic mass is 16.6. The standard InChI is InChI=1S/C16H21N3O3/c1-2-21-8-9-22-14(20)10-19-13-5-3-4-12(17)15(13)18-16(19)11-6-7-11/h3-5,11H,2,6-10,17H2,1H3. The van der Waals surface area contributed by atoms with Crippen molar-refractivity contribution in [3.8, 4) is 0 Å². The summed E-state index contributed by atoms with van der Waals surface area (Å²) in [6, 6.07) is 5.65. The summed E-state index contributed by atoms with van der Waals surface area (Å²) in [5.74, 6) is 1.10. The summed E-state index contributed by atoms with van der Waals surface area (Å²) in [7, 11) is 0. The average molecular weight is 303 g/mol. The van der Waals surface area contributed by atoms with E-state index in [1.807, 2.05) is 29.7 Å². The largest absolute Gasteiger partial charge is 0.462 e. The molecular formula is C16H21N3O3. The summed E-state index contributed by atoms with van der Waals surface area (Å²) in [4.78, 5) is 16.7. The zero-order valence-corrected chi connectivity index (χ0v) is 12.7. The minimum Gasteiger partial charge on any atom is -0.462 e. The van der Waals surface area contributed by atoms with Gasteiger partial charge in [0, 0.05) is 12.5 Å². The number of hydrogen-bond acceptors (Lipinski definition) is 5. The predicted molar refractivity (Wildman–Crippen MR) is 83.6 cm³/mol. The Morgan fingerprint density at radius 2 is 2.23 bits per heavy atom. The first kappa shape index (κ1) is 14.8. The van der Waals surface area contributed by atoms with E-state index in [-0.39, 0.29) is 19.1 Å². The molecule has 118 valence electrons. The summed E-state index contributed by atoms with van der Waals surface area (Å²) >= 11 is 0. The number of imidazole rings is 1. The SMILES string of the molecule is CCOCCOC(=O)Cn1c(C2CC2)nc2c(N)cccc21. The summed E-state index contributed by atoms with van der Waals surface area (Å²) in [6.07, 6.45) is 2.23. The lowest BCUT2D eigenvalue weighted by Crippen LogP contribution is -2.17. The number of carbonyl (C=O) groups is 1. The molecule has 0 aliphatic heterocycles. The first-order chi connectivity index (χ1) is 10.7. The van der Waals surface area contributed by atoms with E-state index in [1.165, 1.54) is 0 Å². The van der Waals surface area contributed by atoms with Crippen molar-refractivity contribution >= 4 is 22.7 Å². The van der Waals surface area contributed by atoms with Crippen LogP contribution in [-0.2, 0) is 20.8 Å². The molecule has 1 heterocycles. The second-order valence-electron chi connectivity index (χ2n) is 5.46. The summed E-state index contributed by atoms with van der Waals surface area (Å²) in [6.45, 7) is 3.40. The zero-order chi connectivity index (χ0) is 15.5. The molecule has 22 heavy (non-hydrogen) atoms. The van der Waals surface area contributed by atoms with Crippen LogP contribution in [0.15, 0.2) is 18.2 Å². The number of para-hydroxylation sites is 1. The van der Waals surface area contributed by atoms with Crippen LogP contribution in [0.25, 0.3) is 11.0 Å². The molecule has 1 saturated carbocycles. The number of rotatable bonds is 7. The van der Waals surface area contributed by atoms with Crippen LogP contribution in [0, 0.1) is 0 Å². The van der Waals surface area contributed by atoms with E-state index in [4.69, 9.17) is 15.2 Å². The maximum atomic E-state index is 12.0. The van der Waals surface area contributed by atoms with Crippen molar-refractivity contribution in [3.05, 3.63) is 24.0 Å². The molecule has 1 aromatic carbocycles. The molecule has 6 nitrogen and oxygen atoms in total. The Balaban J connectivity index is 1.78. The number of ether oxygens (including phenoxy) is 2. The third-order valence-corrected chi connectivity index (χ3v) is 3.76. The van der Waals surface area contributed by atoms with Crippen LogP contribution in [0.1, 0.15) is 31.5 Å². The third-order valence-electron chi connectivity index (χ3n) is 3.76. The quantitative estimate of drug-likeness (QED) is 0.481. The van der Waals surface area contributed by atoms with Gasteiger partial charge in [-0.15, -0.1) is 0 Å². The molecular weight excluding hydrogens is 282 g/mol. The van der Waals surface area contributed by atoms with Crippen molar-refractivity contribution in [3.63, 3.8) is 0 Å². The van der Waals surface area contributed by atoms with Crippen LogP contribution in [0.3, 0.4) is 0 Å². The van der Waals surface area contributed by atoms with Gasteiger partial charge >= 0.3 is 5.97 Å². The van der Waals surface area contributed by atoms with Gasteiger partial charge in [-0.2, -0.15) is 0 Å². The number of carbonyl (C=O) groups excluding carboxylic acids is 1. The molecule has 2 N–H and O–H groups in total. The third kappa shape index (κ3) is 3.06. The monoisotopic (exact) mass is 303 g/mol. The highest BCUT2D eigenvalue weighted by Crippen LogP contribution is 2.41. The highest BCUT2D eigenvalue weighted by Gasteiger charge is 2.30. The van der Waals surface area contributed by atoms with E-state index in [0.29, 0.717) is 24.8 Å². The maximum Gasteiger partial charge on any atom is 0.326 e. The second-order valence-corrected chi connectivity index (χ2v) is 5.46. The van der Waals surface area contributed by atoms with Crippen LogP contribution in [0.2, 0.25) is 0 Å². The van der Waals surface area contributed by atoms with Crippen molar-refractivity contribution < 1.29 is 14.3 Å². The number of hydrogen-bond donors (Lipinski definition) is 1. The van der Waals surface area contributed by atoms with Gasteiger partial charge in [-0.1, -0.05) is 6.07 Å². The molecule has 0 amide bonds. The summed E-state index contributed by atoms with van der Waals surface area (Å²) in [5.41, 5.74) is 8.30. The topological polar surface area (TPSA) is 79.4 Å². The molecule has 0 unspecified atom stereocenters. The number of aromatic nitrogens is 2. The molecule has 1 fully saturated rings. The van der Waals surface area contributed by atoms with E-state index >= 15 is 0 Å². The van der Waals surface area contributed by atoms with Crippen LogP contribution >= 0.6 is 0 Å². The Hall–Kier alpha value is -2.08. The van der Waals surface area contributed by atoms with Gasteiger partial charge in [0.25, 0.3) is 0 Å². The molecule has 1 aromatic heterocycles. The van der Waals surface area contributed by atoms with Gasteiger partial charge in [0.05, 0.1) is 17.8 Å². The molecule has 0 saturated heterocycles. The van der Waals surface area contributed by atoms with Crippen LogP contribution < -0.4 is 5.73 Å². The minimum absolute atomic E-state index is 0.165. The molecule has 0 spiro atoms. The van der Waals surface area contributed by atoms with E-state index in [1.54, 1.807) is 0 Å². The number of nitrogens with two attached hydrogens (primary N) is 1. The first-order valence-electron chi connectivity index (χ1n) is 7.68. The second kappa shape index (κ2) is 6.36. The molecule has 3 rings (SSSR count). The molecule has 0 atom stereocenters. The number of nitrogen functional groups attached to an aromatic ring is 1. The first-order valence-corrected chi connectivity index (χ1v) is 7.68. The molecule has 1 aliphatic carbocycles. The van der Waals surface area contributed by atoms with E-state index in [9.17, 15) is 4.79 Å². The van der Waals surface area contributed by atoms with Gasteiger partial charge in [-0.25, -0.2) is 4.98 Å². The van der Waals surface area contributed by atoms with Gasteiger partial charge in [0.2, 0.25) is 0 Å². The highest BCUT2D eigenvalue weighted by molar-refractivity contribution is 5.88. The lowest BCUT2D eigenvalue weighted by Gasteiger charge is -2.09. The van der Waals surface area contributed by atoms with Crippen molar-refractivity contribution in [1.82, 2.24) is 9.55 Å². The number of nitrogens with zero attached hydrogens (tertiary/aromatic N) is 2. The van der Waals surface area contributed by atoms with E-state index in [0.717, 1.165) is 29.7 Å². The van der Waals surface area contributed by atoms with Crippen molar-refractivity contribution in [2.24, 2.45) is 0 Å². The normalized spacial score (nSPS) is 14.4. The smallest absolute Gasteiger partial charge is 0.326 e. The predicted octanol–water partition coefficient (Wildman–Crippen LogP) is 2.08. The van der Waals surface area contributed by atoms with Gasteiger partial charge in [-0.3, -0.25) is 4.79 Å². The molecule has 0 radical (unpaired) electrons. The Kier molecular flexibility index (Phi) is 4.29. The Bertz CT molecular complexity index is 677. The van der Waals surface area contributed by atoms with Gasteiger partial charge in [0.15, 0.2) is 0 Å². The van der Waals surface area contributed by atoms with E-state index < -0.39 is 0 Å². The van der Waals surface area contributed by atoms with Gasteiger partial charge < -0.3 is 19.8 Å². The Labute approximate surface area is 129 Å². The molecule has 0 bridgehead atoms. The van der Waals surface area contributed by atoms with Crippen molar-refractivity contribution in [2.75, 3.05) is 25.6 Å². The summed E-state index contributed by atoms with van der Waals surface area (Å²) in [5, 5.41) is 0. The van der Waals surface area contributed by atoms with Crippen molar-refractivity contribution in [1.29, 1.82) is 0 Å². The average Bonchev–Trinajstić information content (AvgIpc) is 3.28. The Morgan fingerprint density at radius 1 is 1.41 bits per heavy atom. The number of esters is 1. The van der Waals surface area contributed by atoms with E-state index in [2.05, 4.69) is 4.98 Å². The maximum absolute atomic E-state index is 12.0. The fourth-order valence-corrected chi connectivity index (χ4v) is 2.54. The molecule has 2 aromatic rings. The fourth-order valence-electron chi connectivity index (χ4n) is 2.54. The lowest BCUT2D eigenvalue weighted by molar-refractivity contribution is -0.145. The van der Waals surface area contributed by atoms with Gasteiger partial charge in [-0.05, 0) is 31.9 Å². The fraction of sp³-hybridized carbons (Fsp3) is 0.500. The number of benzene rings is 1. The number of anilines is 1. The lowest BCUT2D eigenvalue weighted by atomic mass is 10.3. The molecule has 1 aliphatic rings. The van der Waals surface area contributed by atoms with Crippen LogP contribution in [0.5, 0.6) is 0 Å².